The summed E-state index contributed by atoms with van der Waals surface area (Å²) in [7, 11) is 4.12. The second kappa shape index (κ2) is 9.46. The van der Waals surface area contributed by atoms with E-state index in [4.69, 9.17) is 0 Å². The maximum Gasteiger partial charge on any atom is 0.0361 e. The Morgan fingerprint density at radius 2 is 1.15 bits per heavy atom. The van der Waals surface area contributed by atoms with E-state index in [1.165, 1.54) is 11.3 Å². The molecule has 20 heavy (non-hydrogen) atoms. The van der Waals surface area contributed by atoms with Gasteiger partial charge < -0.3 is 4.90 Å². The molecule has 0 unspecified atom stereocenters. The van der Waals surface area contributed by atoms with Crippen LogP contribution in [0.15, 0.2) is 24.3 Å². The number of hydrogen-bond donors (Lipinski definition) is 0. The minimum atomic E-state index is 0. The smallest absolute Gasteiger partial charge is 0.0361 e. The van der Waals surface area contributed by atoms with Gasteiger partial charge in [-0.25, -0.2) is 0 Å². The van der Waals surface area contributed by atoms with Gasteiger partial charge in [0, 0.05) is 36.6 Å². The molecule has 2 aliphatic rings. The van der Waals surface area contributed by atoms with Crippen molar-refractivity contribution in [2.24, 2.45) is 0 Å². The molecule has 0 heterocycles. The maximum atomic E-state index is 2.21. The number of rotatable bonds is 2. The van der Waals surface area contributed by atoms with E-state index in [9.17, 15) is 0 Å². The van der Waals surface area contributed by atoms with E-state index in [-0.39, 0.29) is 16.8 Å². The molecule has 2 fully saturated rings. The van der Waals surface area contributed by atoms with Gasteiger partial charge in [-0.15, -0.1) is 0 Å². The Kier molecular flexibility index (Phi) is 8.31. The standard InChI is InChI=1S/C13H15N.C5H5.Co/c1-14(2)13-9-7-12(8-10-13)11-5-3-4-6-11;1-2-4-5-3-1;/h3-11H,1-2H3;1-5H;. The van der Waals surface area contributed by atoms with Crippen LogP contribution in [-0.4, -0.2) is 14.1 Å². The van der Waals surface area contributed by atoms with Gasteiger partial charge in [-0.3, -0.25) is 0 Å². The van der Waals surface area contributed by atoms with E-state index >= 15 is 0 Å². The molecule has 0 N–H and O–H groups in total. The first kappa shape index (κ1) is 17.6. The summed E-state index contributed by atoms with van der Waals surface area (Å²) in [4.78, 5) is 2.12. The van der Waals surface area contributed by atoms with Crippen LogP contribution in [0.5, 0.6) is 0 Å². The van der Waals surface area contributed by atoms with Gasteiger partial charge in [0.25, 0.3) is 0 Å². The van der Waals surface area contributed by atoms with Crippen molar-refractivity contribution in [3.05, 3.63) is 87.6 Å². The van der Waals surface area contributed by atoms with Gasteiger partial charge in [0.1, 0.15) is 0 Å². The Bertz CT molecular complexity index is 341. The number of hydrogen-bond acceptors (Lipinski definition) is 1. The normalized spacial score (nSPS) is 18.1. The molecule has 0 amide bonds. The molecule has 3 rings (SSSR count). The maximum absolute atomic E-state index is 2.21. The average molecular weight is 309 g/mol. The van der Waals surface area contributed by atoms with Crippen molar-refractivity contribution in [3.8, 4) is 0 Å². The van der Waals surface area contributed by atoms with Crippen LogP contribution in [0.4, 0.5) is 5.69 Å². The van der Waals surface area contributed by atoms with Gasteiger partial charge in [-0.05, 0) is 81.4 Å². The molecule has 0 atom stereocenters. The van der Waals surface area contributed by atoms with Crippen LogP contribution >= 0.6 is 0 Å². The second-order valence-corrected chi connectivity index (χ2v) is 4.74. The molecular weight excluding hydrogens is 289 g/mol. The predicted octanol–water partition coefficient (Wildman–Crippen LogP) is 3.69. The van der Waals surface area contributed by atoms with Gasteiger partial charge in [0.15, 0.2) is 0 Å². The van der Waals surface area contributed by atoms with Crippen molar-refractivity contribution in [1.29, 1.82) is 0 Å². The second-order valence-electron chi connectivity index (χ2n) is 4.74. The van der Waals surface area contributed by atoms with Crippen LogP contribution in [0.25, 0.3) is 0 Å². The molecule has 10 radical (unpaired) electrons. The van der Waals surface area contributed by atoms with Gasteiger partial charge in [-0.1, -0.05) is 12.1 Å². The summed E-state index contributed by atoms with van der Waals surface area (Å²) in [6.45, 7) is 0. The molecule has 0 saturated heterocycles. The fourth-order valence-corrected chi connectivity index (χ4v) is 1.97. The molecule has 0 aliphatic heterocycles. The Morgan fingerprint density at radius 1 is 0.700 bits per heavy atom. The summed E-state index contributed by atoms with van der Waals surface area (Å²) in [5.74, 6) is 0.478. The van der Waals surface area contributed by atoms with Crippen molar-refractivity contribution in [3.63, 3.8) is 0 Å². The molecule has 1 aromatic carbocycles. The van der Waals surface area contributed by atoms with Gasteiger partial charge in [-0.2, -0.15) is 0 Å². The molecule has 106 valence electrons. The van der Waals surface area contributed by atoms with E-state index < -0.39 is 0 Å². The molecule has 0 bridgehead atoms. The number of benzene rings is 1. The van der Waals surface area contributed by atoms with Crippen LogP contribution in [0, 0.1) is 57.8 Å². The molecule has 0 aromatic heterocycles. The van der Waals surface area contributed by atoms with Crippen LogP contribution in [0.1, 0.15) is 11.5 Å². The molecule has 2 aliphatic carbocycles. The van der Waals surface area contributed by atoms with E-state index in [0.29, 0.717) is 5.92 Å². The average Bonchev–Trinajstić information content (AvgIpc) is 3.15. The van der Waals surface area contributed by atoms with Crippen molar-refractivity contribution < 1.29 is 16.8 Å². The summed E-state index contributed by atoms with van der Waals surface area (Å²) in [6.07, 6.45) is 18.6. The molecule has 0 spiro atoms. The molecule has 2 saturated carbocycles. The fourth-order valence-electron chi connectivity index (χ4n) is 1.97. The zero-order valence-corrected chi connectivity index (χ0v) is 12.9. The third kappa shape index (κ3) is 5.49. The first-order valence-corrected chi connectivity index (χ1v) is 6.56. The molecule has 1 aromatic rings. The zero-order chi connectivity index (χ0) is 13.5. The van der Waals surface area contributed by atoms with Crippen molar-refractivity contribution in [1.82, 2.24) is 0 Å². The van der Waals surface area contributed by atoms with Gasteiger partial charge in [0.2, 0.25) is 0 Å². The van der Waals surface area contributed by atoms with E-state index in [0.717, 1.165) is 0 Å². The molecule has 1 nitrogen and oxygen atoms in total. The SMILES string of the molecule is CN(C)c1ccc(C2[CH][CH][CH][CH]2)cc1.[CH]1[CH][CH][CH][CH]1.[Co]. The van der Waals surface area contributed by atoms with Crippen molar-refractivity contribution >= 4 is 5.69 Å². The fraction of sp³-hybridized carbons (Fsp3) is 0.167. The Balaban J connectivity index is 0.000000283. The topological polar surface area (TPSA) is 3.24 Å². The van der Waals surface area contributed by atoms with Crippen molar-refractivity contribution in [2.45, 2.75) is 5.92 Å². The minimum absolute atomic E-state index is 0. The summed E-state index contributed by atoms with van der Waals surface area (Å²) >= 11 is 0. The van der Waals surface area contributed by atoms with E-state index in [2.05, 4.69) is 68.9 Å². The van der Waals surface area contributed by atoms with Crippen LogP contribution in [-0.2, 0) is 16.8 Å². The Labute approximate surface area is 135 Å². The molecule has 2 heteroatoms. The van der Waals surface area contributed by atoms with E-state index in [1.807, 2.05) is 32.1 Å². The summed E-state index contributed by atoms with van der Waals surface area (Å²) in [5, 5.41) is 0. The van der Waals surface area contributed by atoms with Gasteiger partial charge in [0.05, 0.1) is 0 Å². The summed E-state index contributed by atoms with van der Waals surface area (Å²) < 4.78 is 0. The largest absolute Gasteiger partial charge is 0.378 e. The van der Waals surface area contributed by atoms with E-state index in [1.54, 1.807) is 0 Å². The van der Waals surface area contributed by atoms with Gasteiger partial charge >= 0.3 is 0 Å². The van der Waals surface area contributed by atoms with Crippen LogP contribution < -0.4 is 4.90 Å². The first-order chi connectivity index (χ1) is 9.27. The quantitative estimate of drug-likeness (QED) is 0.805. The Morgan fingerprint density at radius 3 is 1.55 bits per heavy atom. The summed E-state index contributed by atoms with van der Waals surface area (Å²) in [6, 6.07) is 8.71. The zero-order valence-electron chi connectivity index (χ0n) is 11.9. The number of nitrogens with zero attached hydrogens (tertiary/aromatic N) is 1. The monoisotopic (exact) mass is 309 g/mol. The Hall–Kier alpha value is -0.474. The third-order valence-corrected chi connectivity index (χ3v) is 3.10. The van der Waals surface area contributed by atoms with Crippen molar-refractivity contribution in [2.75, 3.05) is 19.0 Å². The summed E-state index contributed by atoms with van der Waals surface area (Å²) in [5.41, 5.74) is 2.61. The minimum Gasteiger partial charge on any atom is -0.378 e. The number of anilines is 1. The van der Waals surface area contributed by atoms with Crippen LogP contribution in [0.2, 0.25) is 0 Å². The third-order valence-electron chi connectivity index (χ3n) is 3.10. The molecular formula is C18H20CoN. The predicted molar refractivity (Wildman–Crippen MR) is 82.2 cm³/mol. The first-order valence-electron chi connectivity index (χ1n) is 6.56. The van der Waals surface area contributed by atoms with Crippen LogP contribution in [0.3, 0.4) is 0 Å².